The number of rotatable bonds is 8. The molecule has 0 aliphatic rings. The lowest BCUT2D eigenvalue weighted by molar-refractivity contribution is 0.0286. The maximum atomic E-state index is 12.4. The number of hydrogen-bond acceptors (Lipinski definition) is 7. The van der Waals surface area contributed by atoms with Crippen LogP contribution >= 0.6 is 0 Å². The topological polar surface area (TPSA) is 107 Å². The van der Waals surface area contributed by atoms with Crippen molar-refractivity contribution >= 4 is 17.2 Å². The Morgan fingerprint density at radius 2 is 1.86 bits per heavy atom. The molecule has 9 heteroatoms. The predicted molar refractivity (Wildman–Crippen MR) is 136 cm³/mol. The molecule has 0 aliphatic heterocycles. The van der Waals surface area contributed by atoms with Gasteiger partial charge in [-0.15, -0.1) is 0 Å². The average molecular weight is 477 g/mol. The molecule has 4 heterocycles. The van der Waals surface area contributed by atoms with E-state index in [1.165, 1.54) is 4.68 Å². The number of pyridine rings is 2. The van der Waals surface area contributed by atoms with Gasteiger partial charge in [-0.25, -0.2) is 9.20 Å². The van der Waals surface area contributed by atoms with Crippen LogP contribution in [-0.2, 0) is 6.54 Å². The molecule has 4 aromatic rings. The molecule has 2 N–H and O–H groups in total. The highest BCUT2D eigenvalue weighted by atomic mass is 16.5. The number of nitrogens with zero attached hydrogens (tertiary/aromatic N) is 5. The molecular weight excluding hydrogens is 444 g/mol. The highest BCUT2D eigenvalue weighted by Crippen LogP contribution is 2.32. The number of hydrogen-bond donors (Lipinski definition) is 2. The predicted octanol–water partition coefficient (Wildman–Crippen LogP) is 4.12. The van der Waals surface area contributed by atoms with Crippen LogP contribution < -0.4 is 15.6 Å². The van der Waals surface area contributed by atoms with Crippen LogP contribution in [0.5, 0.6) is 5.75 Å². The fourth-order valence-electron chi connectivity index (χ4n) is 3.70. The van der Waals surface area contributed by atoms with E-state index in [1.54, 1.807) is 37.5 Å². The summed E-state index contributed by atoms with van der Waals surface area (Å²) in [5.41, 5.74) is 3.16. The van der Waals surface area contributed by atoms with Crippen molar-refractivity contribution in [2.45, 2.75) is 53.7 Å². The van der Waals surface area contributed by atoms with Crippen LogP contribution in [-0.4, -0.2) is 41.7 Å². The standard InChI is InChI=1S/C26H32N6O3/c1-16(2)14-32-25(33)17(3)9-23(30-32)28-24-12-20-11-19(7-8-31(20)29-24)21-10-18(4)27-13-22(21)35-15-26(5,6)34/h7-13,16,34H,14-15H2,1-6H3,(H,28,29,30). The molecule has 0 saturated carbocycles. The Morgan fingerprint density at radius 1 is 1.11 bits per heavy atom. The van der Waals surface area contributed by atoms with Gasteiger partial charge in [0.15, 0.2) is 11.6 Å². The molecule has 0 bridgehead atoms. The first-order valence-electron chi connectivity index (χ1n) is 11.7. The van der Waals surface area contributed by atoms with Crippen molar-refractivity contribution in [2.75, 3.05) is 11.9 Å². The fourth-order valence-corrected chi connectivity index (χ4v) is 3.70. The lowest BCUT2D eigenvalue weighted by Gasteiger charge is -2.19. The van der Waals surface area contributed by atoms with Gasteiger partial charge in [0, 0.05) is 35.6 Å². The van der Waals surface area contributed by atoms with Gasteiger partial charge in [-0.05, 0) is 63.4 Å². The highest BCUT2D eigenvalue weighted by molar-refractivity contribution is 5.75. The lowest BCUT2D eigenvalue weighted by Crippen LogP contribution is -2.28. The van der Waals surface area contributed by atoms with Crippen LogP contribution in [0, 0.1) is 19.8 Å². The van der Waals surface area contributed by atoms with E-state index in [4.69, 9.17) is 4.74 Å². The van der Waals surface area contributed by atoms with Gasteiger partial charge in [0.2, 0.25) is 0 Å². The monoisotopic (exact) mass is 476 g/mol. The zero-order valence-corrected chi connectivity index (χ0v) is 21.0. The Labute approximate surface area is 204 Å². The molecule has 4 rings (SSSR count). The number of aliphatic hydroxyl groups is 1. The van der Waals surface area contributed by atoms with Crippen LogP contribution in [0.3, 0.4) is 0 Å². The van der Waals surface area contributed by atoms with Gasteiger partial charge >= 0.3 is 0 Å². The molecule has 0 spiro atoms. The first kappa shape index (κ1) is 24.4. The average Bonchev–Trinajstić information content (AvgIpc) is 3.16. The summed E-state index contributed by atoms with van der Waals surface area (Å²) in [4.78, 5) is 16.8. The van der Waals surface area contributed by atoms with Crippen molar-refractivity contribution < 1.29 is 9.84 Å². The van der Waals surface area contributed by atoms with Crippen molar-refractivity contribution in [3.63, 3.8) is 0 Å². The zero-order valence-electron chi connectivity index (χ0n) is 21.0. The van der Waals surface area contributed by atoms with Gasteiger partial charge in [0.05, 0.1) is 17.3 Å². The molecule has 0 radical (unpaired) electrons. The van der Waals surface area contributed by atoms with E-state index < -0.39 is 5.60 Å². The zero-order chi connectivity index (χ0) is 25.3. The number of nitrogens with one attached hydrogen (secondary N) is 1. The molecular formula is C26H32N6O3. The molecule has 9 nitrogen and oxygen atoms in total. The fraction of sp³-hybridized carbons (Fsp3) is 0.385. The molecule has 0 aromatic carbocycles. The molecule has 184 valence electrons. The Morgan fingerprint density at radius 3 is 2.57 bits per heavy atom. The van der Waals surface area contributed by atoms with Crippen LogP contribution in [0.15, 0.2) is 47.5 Å². The summed E-state index contributed by atoms with van der Waals surface area (Å²) in [6, 6.07) is 9.60. The van der Waals surface area contributed by atoms with Gasteiger partial charge in [0.25, 0.3) is 5.56 Å². The van der Waals surface area contributed by atoms with E-state index in [9.17, 15) is 9.90 Å². The number of fused-ring (bicyclic) bond motifs is 1. The lowest BCUT2D eigenvalue weighted by atomic mass is 10.1. The van der Waals surface area contributed by atoms with E-state index in [1.807, 2.05) is 37.4 Å². The number of aromatic nitrogens is 5. The Bertz CT molecular complexity index is 1420. The Kier molecular flexibility index (Phi) is 6.62. The van der Waals surface area contributed by atoms with Crippen molar-refractivity contribution in [1.82, 2.24) is 24.4 Å². The normalized spacial score (nSPS) is 11.9. The quantitative estimate of drug-likeness (QED) is 0.394. The first-order chi connectivity index (χ1) is 16.5. The van der Waals surface area contributed by atoms with Crippen LogP contribution in [0.25, 0.3) is 16.6 Å². The van der Waals surface area contributed by atoms with E-state index in [0.29, 0.717) is 35.4 Å². The SMILES string of the molecule is Cc1cc(-c2ccn3nc(Nc4cc(C)c(=O)n(CC(C)C)n4)cc3c2)c(OCC(C)(C)O)cn1. The van der Waals surface area contributed by atoms with Crippen molar-refractivity contribution in [3.8, 4) is 16.9 Å². The van der Waals surface area contributed by atoms with Gasteiger partial charge in [-0.1, -0.05) is 13.8 Å². The van der Waals surface area contributed by atoms with Crippen molar-refractivity contribution in [1.29, 1.82) is 0 Å². The molecule has 0 fully saturated rings. The third-order valence-corrected chi connectivity index (χ3v) is 5.31. The first-order valence-corrected chi connectivity index (χ1v) is 11.7. The van der Waals surface area contributed by atoms with Crippen molar-refractivity contribution in [2.24, 2.45) is 5.92 Å². The van der Waals surface area contributed by atoms with Crippen LogP contribution in [0.1, 0.15) is 39.0 Å². The highest BCUT2D eigenvalue weighted by Gasteiger charge is 2.17. The van der Waals surface area contributed by atoms with Crippen LogP contribution in [0.2, 0.25) is 0 Å². The van der Waals surface area contributed by atoms with E-state index in [2.05, 4.69) is 34.3 Å². The summed E-state index contributed by atoms with van der Waals surface area (Å²) < 4.78 is 9.15. The third kappa shape index (κ3) is 5.86. The van der Waals surface area contributed by atoms with Gasteiger partial charge < -0.3 is 15.2 Å². The summed E-state index contributed by atoms with van der Waals surface area (Å²) in [6.07, 6.45) is 3.56. The Balaban J connectivity index is 1.65. The van der Waals surface area contributed by atoms with Gasteiger partial charge in [-0.2, -0.15) is 10.2 Å². The summed E-state index contributed by atoms with van der Waals surface area (Å²) in [5, 5.41) is 22.4. The maximum Gasteiger partial charge on any atom is 0.269 e. The second kappa shape index (κ2) is 9.50. The summed E-state index contributed by atoms with van der Waals surface area (Å²) in [6.45, 7) is 11.9. The van der Waals surface area contributed by atoms with E-state index in [0.717, 1.165) is 22.3 Å². The second-order valence-corrected chi connectivity index (χ2v) is 9.96. The van der Waals surface area contributed by atoms with E-state index >= 15 is 0 Å². The largest absolute Gasteiger partial charge is 0.488 e. The second-order valence-electron chi connectivity index (χ2n) is 9.96. The third-order valence-electron chi connectivity index (χ3n) is 5.31. The molecule has 0 amide bonds. The summed E-state index contributed by atoms with van der Waals surface area (Å²) in [5.74, 6) is 2.09. The molecule has 0 atom stereocenters. The number of anilines is 2. The van der Waals surface area contributed by atoms with Crippen molar-refractivity contribution in [3.05, 3.63) is 64.3 Å². The molecule has 0 unspecified atom stereocenters. The van der Waals surface area contributed by atoms with Gasteiger partial charge in [-0.3, -0.25) is 9.78 Å². The molecule has 4 aromatic heterocycles. The molecule has 35 heavy (non-hydrogen) atoms. The maximum absolute atomic E-state index is 12.4. The minimum absolute atomic E-state index is 0.0841. The van der Waals surface area contributed by atoms with Gasteiger partial charge in [0.1, 0.15) is 12.4 Å². The smallest absolute Gasteiger partial charge is 0.269 e. The summed E-state index contributed by atoms with van der Waals surface area (Å²) in [7, 11) is 0. The minimum atomic E-state index is -0.956. The number of aryl methyl sites for hydroxylation is 2. The molecule has 0 aliphatic carbocycles. The van der Waals surface area contributed by atoms with E-state index in [-0.39, 0.29) is 12.2 Å². The summed E-state index contributed by atoms with van der Waals surface area (Å²) >= 11 is 0. The Hall–Kier alpha value is -3.72. The number of ether oxygens (including phenoxy) is 1. The minimum Gasteiger partial charge on any atom is -0.488 e. The van der Waals surface area contributed by atoms with Crippen LogP contribution in [0.4, 0.5) is 11.6 Å². The molecule has 0 saturated heterocycles.